The molecule has 4 rings (SSSR count). The second kappa shape index (κ2) is 4.70. The third-order valence-electron chi connectivity index (χ3n) is 6.11. The summed E-state index contributed by atoms with van der Waals surface area (Å²) < 4.78 is 0. The van der Waals surface area contributed by atoms with Gasteiger partial charge in [0.25, 0.3) is 0 Å². The van der Waals surface area contributed by atoms with Crippen LogP contribution < -0.4 is 5.32 Å². The predicted octanol–water partition coefficient (Wildman–Crippen LogP) is 1.56. The Morgan fingerprint density at radius 1 is 1.20 bits per heavy atom. The van der Waals surface area contributed by atoms with Gasteiger partial charge in [0.15, 0.2) is 0 Å². The van der Waals surface area contributed by atoms with Crippen LogP contribution in [0.25, 0.3) is 0 Å². The summed E-state index contributed by atoms with van der Waals surface area (Å²) in [4.78, 5) is 17.5. The van der Waals surface area contributed by atoms with Crippen LogP contribution in [0.3, 0.4) is 0 Å². The fourth-order valence-electron chi connectivity index (χ4n) is 4.59. The zero-order valence-electron chi connectivity index (χ0n) is 12.6. The summed E-state index contributed by atoms with van der Waals surface area (Å²) in [5.74, 6) is 1.11. The molecule has 1 spiro atoms. The van der Waals surface area contributed by atoms with E-state index in [9.17, 15) is 4.79 Å². The Morgan fingerprint density at radius 2 is 1.95 bits per heavy atom. The zero-order chi connectivity index (χ0) is 13.7. The number of nitrogens with zero attached hydrogens (tertiary/aromatic N) is 2. The van der Waals surface area contributed by atoms with E-state index < -0.39 is 0 Å². The average molecular weight is 277 g/mol. The van der Waals surface area contributed by atoms with Crippen LogP contribution in [0.15, 0.2) is 0 Å². The molecule has 0 aromatic carbocycles. The lowest BCUT2D eigenvalue weighted by molar-refractivity contribution is -0.132. The Hall–Kier alpha value is -0.610. The van der Waals surface area contributed by atoms with Crippen molar-refractivity contribution < 1.29 is 4.79 Å². The SMILES string of the molecule is CN1CCCC1CN1C(=O)C2(CC2)NC1C1CCCC1. The van der Waals surface area contributed by atoms with Gasteiger partial charge in [0.2, 0.25) is 5.91 Å². The molecule has 112 valence electrons. The molecule has 4 fully saturated rings. The fourth-order valence-corrected chi connectivity index (χ4v) is 4.59. The van der Waals surface area contributed by atoms with Crippen LogP contribution in [0.1, 0.15) is 51.4 Å². The first-order valence-corrected chi connectivity index (χ1v) is 8.49. The van der Waals surface area contributed by atoms with Gasteiger partial charge in [0.1, 0.15) is 0 Å². The number of likely N-dealkylation sites (tertiary alicyclic amines) is 1. The molecule has 2 heterocycles. The van der Waals surface area contributed by atoms with E-state index in [1.165, 1.54) is 45.1 Å². The maximum atomic E-state index is 12.8. The number of amides is 1. The van der Waals surface area contributed by atoms with Gasteiger partial charge < -0.3 is 9.80 Å². The first-order chi connectivity index (χ1) is 9.70. The maximum Gasteiger partial charge on any atom is 0.244 e. The summed E-state index contributed by atoms with van der Waals surface area (Å²) in [6, 6.07) is 0.582. The van der Waals surface area contributed by atoms with Crippen molar-refractivity contribution in [3.05, 3.63) is 0 Å². The minimum atomic E-state index is -0.134. The van der Waals surface area contributed by atoms with Crippen LogP contribution in [-0.2, 0) is 4.79 Å². The number of hydrogen-bond acceptors (Lipinski definition) is 3. The summed E-state index contributed by atoms with van der Waals surface area (Å²) >= 11 is 0. The molecule has 2 aliphatic carbocycles. The molecule has 2 aliphatic heterocycles. The molecule has 2 atom stereocenters. The lowest BCUT2D eigenvalue weighted by atomic mass is 10.0. The fraction of sp³-hybridized carbons (Fsp3) is 0.938. The molecular weight excluding hydrogens is 250 g/mol. The molecule has 0 radical (unpaired) electrons. The highest BCUT2D eigenvalue weighted by Crippen LogP contribution is 2.45. The molecule has 4 heteroatoms. The first-order valence-electron chi connectivity index (χ1n) is 8.49. The van der Waals surface area contributed by atoms with Crippen molar-refractivity contribution in [2.24, 2.45) is 5.92 Å². The standard InChI is InChI=1S/C16H27N3O/c1-18-10-4-7-13(18)11-19-14(12-5-2-3-6-12)17-16(8-9-16)15(19)20/h12-14,17H,2-11H2,1H3. The van der Waals surface area contributed by atoms with Crippen molar-refractivity contribution in [1.29, 1.82) is 0 Å². The van der Waals surface area contributed by atoms with Crippen LogP contribution in [0.4, 0.5) is 0 Å². The number of nitrogens with one attached hydrogen (secondary N) is 1. The van der Waals surface area contributed by atoms with E-state index in [1.54, 1.807) is 0 Å². The van der Waals surface area contributed by atoms with E-state index in [4.69, 9.17) is 0 Å². The lowest BCUT2D eigenvalue weighted by Gasteiger charge is -2.32. The molecule has 4 aliphatic rings. The van der Waals surface area contributed by atoms with E-state index in [0.29, 0.717) is 24.0 Å². The number of carbonyl (C=O) groups is 1. The van der Waals surface area contributed by atoms with Crippen molar-refractivity contribution in [3.8, 4) is 0 Å². The van der Waals surface area contributed by atoms with Crippen LogP contribution in [-0.4, -0.2) is 53.6 Å². The molecule has 1 N–H and O–H groups in total. The molecule has 2 saturated heterocycles. The van der Waals surface area contributed by atoms with Gasteiger partial charge in [-0.3, -0.25) is 10.1 Å². The van der Waals surface area contributed by atoms with Gasteiger partial charge in [-0.2, -0.15) is 0 Å². The second-order valence-corrected chi connectivity index (χ2v) is 7.45. The van der Waals surface area contributed by atoms with Crippen molar-refractivity contribution in [3.63, 3.8) is 0 Å². The van der Waals surface area contributed by atoms with Crippen molar-refractivity contribution in [2.45, 2.75) is 69.1 Å². The Balaban J connectivity index is 1.52. The molecule has 2 unspecified atom stereocenters. The summed E-state index contributed by atoms with van der Waals surface area (Å²) in [5.41, 5.74) is -0.134. The largest absolute Gasteiger partial charge is 0.324 e. The van der Waals surface area contributed by atoms with E-state index in [-0.39, 0.29) is 5.54 Å². The third kappa shape index (κ3) is 2.00. The van der Waals surface area contributed by atoms with E-state index in [0.717, 1.165) is 19.4 Å². The van der Waals surface area contributed by atoms with Crippen LogP contribution >= 0.6 is 0 Å². The number of carbonyl (C=O) groups excluding carboxylic acids is 1. The second-order valence-electron chi connectivity index (χ2n) is 7.45. The highest BCUT2D eigenvalue weighted by Gasteiger charge is 2.60. The van der Waals surface area contributed by atoms with Crippen molar-refractivity contribution in [2.75, 3.05) is 20.1 Å². The van der Waals surface area contributed by atoms with Crippen molar-refractivity contribution in [1.82, 2.24) is 15.1 Å². The lowest BCUT2D eigenvalue weighted by Crippen LogP contribution is -2.47. The number of rotatable bonds is 3. The summed E-state index contributed by atoms with van der Waals surface area (Å²) in [6.45, 7) is 2.14. The van der Waals surface area contributed by atoms with Gasteiger partial charge >= 0.3 is 0 Å². The molecule has 0 aromatic heterocycles. The van der Waals surface area contributed by atoms with Gasteiger partial charge in [-0.05, 0) is 58.0 Å². The smallest absolute Gasteiger partial charge is 0.244 e. The average Bonchev–Trinajstić information content (AvgIpc) is 2.79. The quantitative estimate of drug-likeness (QED) is 0.850. The Morgan fingerprint density at radius 3 is 2.55 bits per heavy atom. The van der Waals surface area contributed by atoms with Gasteiger partial charge in [-0.15, -0.1) is 0 Å². The number of likely N-dealkylation sites (N-methyl/N-ethyl adjacent to an activating group) is 1. The van der Waals surface area contributed by atoms with E-state index in [1.807, 2.05) is 0 Å². The maximum absolute atomic E-state index is 12.8. The molecule has 0 bridgehead atoms. The molecule has 2 saturated carbocycles. The third-order valence-corrected chi connectivity index (χ3v) is 6.11. The normalized spacial score (nSPS) is 37.5. The highest BCUT2D eigenvalue weighted by atomic mass is 16.2. The summed E-state index contributed by atoms with van der Waals surface area (Å²) in [7, 11) is 2.21. The topological polar surface area (TPSA) is 35.6 Å². The van der Waals surface area contributed by atoms with Gasteiger partial charge in [0.05, 0.1) is 11.7 Å². The Bertz CT molecular complexity index is 401. The Labute approximate surface area is 121 Å². The summed E-state index contributed by atoms with van der Waals surface area (Å²) in [6.07, 6.45) is 10.3. The molecule has 4 nitrogen and oxygen atoms in total. The van der Waals surface area contributed by atoms with Gasteiger partial charge in [-0.25, -0.2) is 0 Å². The predicted molar refractivity (Wildman–Crippen MR) is 78.2 cm³/mol. The first kappa shape index (κ1) is 13.1. The number of hydrogen-bond donors (Lipinski definition) is 1. The highest BCUT2D eigenvalue weighted by molar-refractivity contribution is 5.91. The van der Waals surface area contributed by atoms with Gasteiger partial charge in [-0.1, -0.05) is 12.8 Å². The molecule has 0 aromatic rings. The van der Waals surface area contributed by atoms with E-state index >= 15 is 0 Å². The monoisotopic (exact) mass is 277 g/mol. The minimum absolute atomic E-state index is 0.134. The van der Waals surface area contributed by atoms with E-state index in [2.05, 4.69) is 22.2 Å². The Kier molecular flexibility index (Phi) is 3.08. The molecule has 20 heavy (non-hydrogen) atoms. The van der Waals surface area contributed by atoms with Crippen LogP contribution in [0.5, 0.6) is 0 Å². The van der Waals surface area contributed by atoms with Crippen LogP contribution in [0, 0.1) is 5.92 Å². The minimum Gasteiger partial charge on any atom is -0.324 e. The molecule has 1 amide bonds. The van der Waals surface area contributed by atoms with Crippen LogP contribution in [0.2, 0.25) is 0 Å². The zero-order valence-corrected chi connectivity index (χ0v) is 12.6. The summed E-state index contributed by atoms with van der Waals surface area (Å²) in [5, 5.41) is 3.73. The van der Waals surface area contributed by atoms with Gasteiger partial charge in [0, 0.05) is 12.6 Å². The van der Waals surface area contributed by atoms with Crippen molar-refractivity contribution >= 4 is 5.91 Å². The molecular formula is C16H27N3O.